The topological polar surface area (TPSA) is 90.9 Å². The number of hydrogen-bond acceptors (Lipinski definition) is 6. The molecule has 2 rings (SSSR count). The number of aryl methyl sites for hydroxylation is 1. The Labute approximate surface area is 171 Å². The Kier molecular flexibility index (Phi) is 7.32. The Hall–Kier alpha value is -2.79. The average molecular weight is 447 g/mol. The fraction of sp³-hybridized carbons (Fsp3) is 0.316. The molecule has 30 heavy (non-hydrogen) atoms. The lowest BCUT2D eigenvalue weighted by atomic mass is 10.0. The fourth-order valence-corrected chi connectivity index (χ4v) is 3.59. The van der Waals surface area contributed by atoms with Gasteiger partial charge < -0.3 is 14.2 Å². The number of carbonyl (C=O) groups is 1. The van der Waals surface area contributed by atoms with Crippen LogP contribution in [0.25, 0.3) is 0 Å². The Balaban J connectivity index is 1.98. The van der Waals surface area contributed by atoms with Crippen molar-refractivity contribution in [1.82, 2.24) is 4.72 Å². The first-order valence-electron chi connectivity index (χ1n) is 8.61. The molecule has 2 aromatic carbocycles. The van der Waals surface area contributed by atoms with Crippen molar-refractivity contribution in [2.75, 3.05) is 20.3 Å². The summed E-state index contributed by atoms with van der Waals surface area (Å²) in [6.45, 7) is 3.18. The first-order valence-corrected chi connectivity index (χ1v) is 10.1. The van der Waals surface area contributed by atoms with Gasteiger partial charge in [-0.25, -0.2) is 17.9 Å². The minimum Gasteiger partial charge on any atom is -0.492 e. The van der Waals surface area contributed by atoms with Gasteiger partial charge in [0.15, 0.2) is 0 Å². The van der Waals surface area contributed by atoms with Crippen LogP contribution < -0.4 is 14.2 Å². The predicted octanol–water partition coefficient (Wildman–Crippen LogP) is 3.35. The van der Waals surface area contributed by atoms with Crippen LogP contribution in [0.1, 0.15) is 21.5 Å². The third kappa shape index (κ3) is 6.36. The minimum absolute atomic E-state index is 0.0760. The Morgan fingerprint density at radius 3 is 2.23 bits per heavy atom. The molecule has 0 bridgehead atoms. The van der Waals surface area contributed by atoms with Gasteiger partial charge >= 0.3 is 12.3 Å². The van der Waals surface area contributed by atoms with Crippen molar-refractivity contribution in [3.8, 4) is 11.5 Å². The maximum atomic E-state index is 12.5. The molecular formula is C19H20F3NO6S. The number of alkyl halides is 3. The molecule has 164 valence electrons. The maximum Gasteiger partial charge on any atom is 0.573 e. The molecule has 2 aromatic rings. The lowest BCUT2D eigenvalue weighted by Gasteiger charge is -2.13. The highest BCUT2D eigenvalue weighted by atomic mass is 32.2. The quantitative estimate of drug-likeness (QED) is 0.493. The van der Waals surface area contributed by atoms with Gasteiger partial charge in [-0.2, -0.15) is 0 Å². The normalized spacial score (nSPS) is 11.8. The lowest BCUT2D eigenvalue weighted by molar-refractivity contribution is -0.274. The molecule has 0 amide bonds. The van der Waals surface area contributed by atoms with Gasteiger partial charge in [-0.05, 0) is 61.4 Å². The number of nitrogens with one attached hydrogen (secondary N) is 1. The minimum atomic E-state index is -4.79. The van der Waals surface area contributed by atoms with E-state index in [2.05, 4.69) is 14.2 Å². The molecule has 0 radical (unpaired) electrons. The van der Waals surface area contributed by atoms with Crippen LogP contribution in [0.4, 0.5) is 13.2 Å². The van der Waals surface area contributed by atoms with Crippen molar-refractivity contribution in [2.24, 2.45) is 0 Å². The number of sulfonamides is 1. The summed E-state index contributed by atoms with van der Waals surface area (Å²) in [6, 6.07) is 7.36. The Morgan fingerprint density at radius 1 is 1.07 bits per heavy atom. The first-order chi connectivity index (χ1) is 13.9. The van der Waals surface area contributed by atoms with Gasteiger partial charge in [0.2, 0.25) is 10.0 Å². The summed E-state index contributed by atoms with van der Waals surface area (Å²) in [7, 11) is -2.72. The van der Waals surface area contributed by atoms with Gasteiger partial charge in [0, 0.05) is 6.54 Å². The zero-order chi connectivity index (χ0) is 22.5. The van der Waals surface area contributed by atoms with E-state index in [0.717, 1.165) is 12.1 Å². The van der Waals surface area contributed by atoms with Gasteiger partial charge in [0.1, 0.15) is 18.1 Å². The highest BCUT2D eigenvalue weighted by Gasteiger charge is 2.31. The molecule has 0 aliphatic rings. The summed E-state index contributed by atoms with van der Waals surface area (Å²) >= 11 is 0. The molecule has 0 unspecified atom stereocenters. The van der Waals surface area contributed by atoms with E-state index in [9.17, 15) is 26.4 Å². The number of esters is 1. The molecule has 0 aliphatic heterocycles. The number of carbonyl (C=O) groups excluding carboxylic acids is 1. The molecule has 0 spiro atoms. The Bertz CT molecular complexity index is 1000. The van der Waals surface area contributed by atoms with Crippen molar-refractivity contribution >= 4 is 16.0 Å². The number of ether oxygens (including phenoxy) is 3. The smallest absolute Gasteiger partial charge is 0.492 e. The average Bonchev–Trinajstić information content (AvgIpc) is 2.66. The summed E-state index contributed by atoms with van der Waals surface area (Å²) in [6.07, 6.45) is -4.79. The summed E-state index contributed by atoms with van der Waals surface area (Å²) in [4.78, 5) is 11.8. The zero-order valence-corrected chi connectivity index (χ0v) is 17.2. The fourth-order valence-electron chi connectivity index (χ4n) is 2.47. The summed E-state index contributed by atoms with van der Waals surface area (Å²) < 4.78 is 77.5. The van der Waals surface area contributed by atoms with Crippen LogP contribution >= 0.6 is 0 Å². The van der Waals surface area contributed by atoms with E-state index in [1.165, 1.54) is 31.4 Å². The lowest BCUT2D eigenvalue weighted by Crippen LogP contribution is -2.28. The number of benzene rings is 2. The molecular weight excluding hydrogens is 427 g/mol. The molecule has 0 aromatic heterocycles. The molecule has 0 fully saturated rings. The highest BCUT2D eigenvalue weighted by Crippen LogP contribution is 2.25. The van der Waals surface area contributed by atoms with E-state index in [4.69, 9.17) is 4.74 Å². The van der Waals surface area contributed by atoms with Gasteiger partial charge in [-0.3, -0.25) is 0 Å². The van der Waals surface area contributed by atoms with E-state index in [-0.39, 0.29) is 29.4 Å². The van der Waals surface area contributed by atoms with Gasteiger partial charge in [-0.1, -0.05) is 0 Å². The second-order valence-corrected chi connectivity index (χ2v) is 7.94. The number of halogens is 3. The molecule has 7 nitrogen and oxygen atoms in total. The van der Waals surface area contributed by atoms with Gasteiger partial charge in [-0.15, -0.1) is 13.2 Å². The van der Waals surface area contributed by atoms with Crippen LogP contribution in [0.5, 0.6) is 11.5 Å². The van der Waals surface area contributed by atoms with Gasteiger partial charge in [0.05, 0.1) is 17.6 Å². The molecule has 0 saturated carbocycles. The molecule has 0 atom stereocenters. The van der Waals surface area contributed by atoms with Crippen LogP contribution in [0.15, 0.2) is 41.3 Å². The first kappa shape index (κ1) is 23.5. The summed E-state index contributed by atoms with van der Waals surface area (Å²) in [5, 5.41) is 0. The van der Waals surface area contributed by atoms with Crippen LogP contribution in [0.3, 0.4) is 0 Å². The molecule has 0 saturated heterocycles. The number of methoxy groups -OCH3 is 1. The second kappa shape index (κ2) is 9.35. The summed E-state index contributed by atoms with van der Waals surface area (Å²) in [5.41, 5.74) is 1.37. The molecule has 11 heteroatoms. The number of rotatable bonds is 8. The Morgan fingerprint density at radius 2 is 1.67 bits per heavy atom. The van der Waals surface area contributed by atoms with E-state index >= 15 is 0 Å². The second-order valence-electron chi connectivity index (χ2n) is 6.17. The van der Waals surface area contributed by atoms with E-state index in [0.29, 0.717) is 11.1 Å². The predicted molar refractivity (Wildman–Crippen MR) is 101 cm³/mol. The third-order valence-electron chi connectivity index (χ3n) is 4.08. The van der Waals surface area contributed by atoms with Crippen LogP contribution in [0, 0.1) is 13.8 Å². The summed E-state index contributed by atoms with van der Waals surface area (Å²) in [5.74, 6) is -0.802. The van der Waals surface area contributed by atoms with E-state index in [1.807, 2.05) is 0 Å². The SMILES string of the molecule is COC(=O)c1cc(S(=O)(=O)NCCOc2ccc(OC(F)(F)F)cc2)cc(C)c1C. The van der Waals surface area contributed by atoms with Crippen molar-refractivity contribution in [3.63, 3.8) is 0 Å². The third-order valence-corrected chi connectivity index (χ3v) is 5.52. The zero-order valence-electron chi connectivity index (χ0n) is 16.4. The molecule has 0 heterocycles. The van der Waals surface area contributed by atoms with Crippen LogP contribution in [0.2, 0.25) is 0 Å². The van der Waals surface area contributed by atoms with Crippen molar-refractivity contribution < 1.29 is 40.6 Å². The van der Waals surface area contributed by atoms with Crippen LogP contribution in [-0.2, 0) is 14.8 Å². The number of hydrogen-bond donors (Lipinski definition) is 1. The van der Waals surface area contributed by atoms with E-state index < -0.39 is 28.1 Å². The van der Waals surface area contributed by atoms with Crippen molar-refractivity contribution in [3.05, 3.63) is 53.1 Å². The van der Waals surface area contributed by atoms with Crippen LogP contribution in [-0.4, -0.2) is 41.0 Å². The highest BCUT2D eigenvalue weighted by molar-refractivity contribution is 7.89. The molecule has 0 aliphatic carbocycles. The van der Waals surface area contributed by atoms with Gasteiger partial charge in [0.25, 0.3) is 0 Å². The largest absolute Gasteiger partial charge is 0.573 e. The monoisotopic (exact) mass is 447 g/mol. The van der Waals surface area contributed by atoms with Crippen molar-refractivity contribution in [1.29, 1.82) is 0 Å². The van der Waals surface area contributed by atoms with Crippen molar-refractivity contribution in [2.45, 2.75) is 25.1 Å². The molecule has 1 N–H and O–H groups in total. The van der Waals surface area contributed by atoms with E-state index in [1.54, 1.807) is 13.8 Å². The maximum absolute atomic E-state index is 12.5. The standard InChI is InChI=1S/C19H20F3NO6S/c1-12-10-16(11-17(13(12)2)18(24)27-3)30(25,26)23-8-9-28-14-4-6-15(7-5-14)29-19(20,21)22/h4-7,10-11,23H,8-9H2,1-3H3.